The van der Waals surface area contributed by atoms with Crippen molar-refractivity contribution < 1.29 is 14.3 Å². The molecule has 0 aliphatic heterocycles. The Morgan fingerprint density at radius 2 is 1.88 bits per heavy atom. The lowest BCUT2D eigenvalue weighted by molar-refractivity contribution is -0.164. The lowest BCUT2D eigenvalue weighted by Crippen LogP contribution is -2.53. The Morgan fingerprint density at radius 1 is 1.29 bits per heavy atom. The third-order valence-corrected chi connectivity index (χ3v) is 3.33. The zero-order chi connectivity index (χ0) is 18.3. The van der Waals surface area contributed by atoms with Gasteiger partial charge in [-0.25, -0.2) is 4.79 Å². The summed E-state index contributed by atoms with van der Waals surface area (Å²) in [4.78, 5) is 26.6. The molecule has 0 aliphatic carbocycles. The number of benzene rings is 1. The highest BCUT2D eigenvalue weighted by Gasteiger charge is 2.33. The maximum Gasteiger partial charge on any atom is 0.329 e. The predicted octanol–water partition coefficient (Wildman–Crippen LogP) is 2.30. The molecule has 0 fully saturated rings. The first-order valence-corrected chi connectivity index (χ1v) is 8.09. The molecular weight excluding hydrogens is 304 g/mol. The Balaban J connectivity index is 3.15. The first-order valence-electron chi connectivity index (χ1n) is 8.09. The van der Waals surface area contributed by atoms with Crippen molar-refractivity contribution in [2.24, 2.45) is 5.73 Å². The standard InChI is InChI=1S/C19H28N2O3/c1-6-12-21(17(22)14(2)20)16(18(23)24-19(3,4)5)13-15-10-8-7-9-11-15/h6-11,14,16H,1,12-13,20H2,2-5H3/t14-,16-/m0/s1. The molecule has 0 saturated heterocycles. The number of hydrogen-bond donors (Lipinski definition) is 1. The van der Waals surface area contributed by atoms with Crippen LogP contribution in [0.3, 0.4) is 0 Å². The molecular formula is C19H28N2O3. The summed E-state index contributed by atoms with van der Waals surface area (Å²) >= 11 is 0. The molecule has 2 atom stereocenters. The number of nitrogens with two attached hydrogens (primary N) is 1. The zero-order valence-corrected chi connectivity index (χ0v) is 15.0. The van der Waals surface area contributed by atoms with Gasteiger partial charge < -0.3 is 15.4 Å². The molecule has 132 valence electrons. The van der Waals surface area contributed by atoms with Gasteiger partial charge in [0, 0.05) is 13.0 Å². The monoisotopic (exact) mass is 332 g/mol. The van der Waals surface area contributed by atoms with Gasteiger partial charge in [-0.15, -0.1) is 6.58 Å². The molecule has 0 radical (unpaired) electrons. The van der Waals surface area contributed by atoms with Crippen LogP contribution in [0, 0.1) is 0 Å². The number of nitrogens with zero attached hydrogens (tertiary/aromatic N) is 1. The summed E-state index contributed by atoms with van der Waals surface area (Å²) in [6.45, 7) is 10.9. The van der Waals surface area contributed by atoms with Crippen LogP contribution < -0.4 is 5.73 Å². The minimum atomic E-state index is -0.747. The minimum absolute atomic E-state index is 0.233. The number of carbonyl (C=O) groups is 2. The third kappa shape index (κ3) is 6.16. The molecule has 0 aliphatic rings. The Bertz CT molecular complexity index is 562. The van der Waals surface area contributed by atoms with E-state index in [4.69, 9.17) is 10.5 Å². The second-order valence-corrected chi connectivity index (χ2v) is 6.81. The van der Waals surface area contributed by atoms with E-state index in [9.17, 15) is 9.59 Å². The minimum Gasteiger partial charge on any atom is -0.458 e. The van der Waals surface area contributed by atoms with Gasteiger partial charge in [-0.1, -0.05) is 36.4 Å². The van der Waals surface area contributed by atoms with Gasteiger partial charge in [0.1, 0.15) is 11.6 Å². The van der Waals surface area contributed by atoms with Crippen LogP contribution in [0.5, 0.6) is 0 Å². The molecule has 0 unspecified atom stereocenters. The Labute approximate surface area is 144 Å². The first kappa shape index (κ1) is 19.9. The smallest absolute Gasteiger partial charge is 0.329 e. The van der Waals surface area contributed by atoms with Crippen molar-refractivity contribution >= 4 is 11.9 Å². The fourth-order valence-corrected chi connectivity index (χ4v) is 2.30. The summed E-state index contributed by atoms with van der Waals surface area (Å²) in [6.07, 6.45) is 1.95. The van der Waals surface area contributed by atoms with E-state index in [1.165, 1.54) is 4.90 Å². The van der Waals surface area contributed by atoms with E-state index in [0.29, 0.717) is 6.42 Å². The van der Waals surface area contributed by atoms with Crippen LogP contribution in [0.25, 0.3) is 0 Å². The lowest BCUT2D eigenvalue weighted by Gasteiger charge is -2.33. The average Bonchev–Trinajstić information content (AvgIpc) is 2.49. The van der Waals surface area contributed by atoms with E-state index in [2.05, 4.69) is 6.58 Å². The number of ether oxygens (including phenoxy) is 1. The Kier molecular flexibility index (Phi) is 7.17. The van der Waals surface area contributed by atoms with Crippen molar-refractivity contribution in [3.8, 4) is 0 Å². The number of rotatable bonds is 7. The van der Waals surface area contributed by atoms with Gasteiger partial charge >= 0.3 is 5.97 Å². The highest BCUT2D eigenvalue weighted by atomic mass is 16.6. The van der Waals surface area contributed by atoms with Crippen LogP contribution in [0.15, 0.2) is 43.0 Å². The maximum atomic E-state index is 12.7. The molecule has 1 amide bonds. The average molecular weight is 332 g/mol. The van der Waals surface area contributed by atoms with E-state index in [1.807, 2.05) is 30.3 Å². The molecule has 0 spiro atoms. The normalized spacial score (nSPS) is 13.7. The molecule has 5 nitrogen and oxygen atoms in total. The first-order chi connectivity index (χ1) is 11.2. The second kappa shape index (κ2) is 8.64. The van der Waals surface area contributed by atoms with Gasteiger partial charge in [-0.05, 0) is 33.3 Å². The summed E-state index contributed by atoms with van der Waals surface area (Å²) in [5.74, 6) is -0.746. The summed E-state index contributed by atoms with van der Waals surface area (Å²) in [6, 6.07) is 8.08. The van der Waals surface area contributed by atoms with Crippen molar-refractivity contribution in [2.45, 2.75) is 51.8 Å². The van der Waals surface area contributed by atoms with E-state index in [-0.39, 0.29) is 12.5 Å². The summed E-state index contributed by atoms with van der Waals surface area (Å²) in [5.41, 5.74) is 6.06. The number of hydrogen-bond acceptors (Lipinski definition) is 4. The molecule has 0 bridgehead atoms. The van der Waals surface area contributed by atoms with Crippen molar-refractivity contribution in [3.63, 3.8) is 0 Å². The molecule has 2 N–H and O–H groups in total. The van der Waals surface area contributed by atoms with Gasteiger partial charge in [-0.3, -0.25) is 4.79 Å². The maximum absolute atomic E-state index is 12.7. The van der Waals surface area contributed by atoms with Crippen LogP contribution in [0.2, 0.25) is 0 Å². The van der Waals surface area contributed by atoms with E-state index < -0.39 is 23.7 Å². The van der Waals surface area contributed by atoms with Gasteiger partial charge in [0.15, 0.2) is 0 Å². The summed E-state index contributed by atoms with van der Waals surface area (Å²) < 4.78 is 5.52. The summed E-state index contributed by atoms with van der Waals surface area (Å²) in [7, 11) is 0. The quantitative estimate of drug-likeness (QED) is 0.614. The molecule has 0 aromatic heterocycles. The zero-order valence-electron chi connectivity index (χ0n) is 15.0. The molecule has 24 heavy (non-hydrogen) atoms. The molecule has 1 aromatic carbocycles. The lowest BCUT2D eigenvalue weighted by atomic mass is 10.0. The van der Waals surface area contributed by atoms with Gasteiger partial charge in [0.25, 0.3) is 0 Å². The predicted molar refractivity (Wildman–Crippen MR) is 95.3 cm³/mol. The molecule has 1 aromatic rings. The van der Waals surface area contributed by atoms with E-state index in [0.717, 1.165) is 5.56 Å². The van der Waals surface area contributed by atoms with Crippen molar-refractivity contribution in [1.82, 2.24) is 4.90 Å². The summed E-state index contributed by atoms with van der Waals surface area (Å²) in [5, 5.41) is 0. The SMILES string of the molecule is C=CCN(C(=O)[C@H](C)N)[C@@H](Cc1ccccc1)C(=O)OC(C)(C)C. The third-order valence-electron chi connectivity index (χ3n) is 3.33. The Hall–Kier alpha value is -2.14. The number of carbonyl (C=O) groups excluding carboxylic acids is 2. The van der Waals surface area contributed by atoms with E-state index in [1.54, 1.807) is 33.8 Å². The van der Waals surface area contributed by atoms with Gasteiger partial charge in [0.2, 0.25) is 5.91 Å². The van der Waals surface area contributed by atoms with Crippen molar-refractivity contribution in [1.29, 1.82) is 0 Å². The van der Waals surface area contributed by atoms with Crippen LogP contribution in [-0.4, -0.2) is 41.0 Å². The molecule has 1 rings (SSSR count). The van der Waals surface area contributed by atoms with E-state index >= 15 is 0 Å². The topological polar surface area (TPSA) is 72.6 Å². The fourth-order valence-electron chi connectivity index (χ4n) is 2.30. The van der Waals surface area contributed by atoms with Crippen molar-refractivity contribution in [3.05, 3.63) is 48.6 Å². The highest BCUT2D eigenvalue weighted by Crippen LogP contribution is 2.16. The molecule has 0 saturated carbocycles. The fraction of sp³-hybridized carbons (Fsp3) is 0.474. The largest absolute Gasteiger partial charge is 0.458 e. The van der Waals surface area contributed by atoms with Crippen LogP contribution in [0.1, 0.15) is 33.3 Å². The van der Waals surface area contributed by atoms with Crippen molar-refractivity contribution in [2.75, 3.05) is 6.54 Å². The van der Waals surface area contributed by atoms with Gasteiger partial charge in [0.05, 0.1) is 6.04 Å². The second-order valence-electron chi connectivity index (χ2n) is 6.81. The number of esters is 1. The van der Waals surface area contributed by atoms with Crippen LogP contribution in [-0.2, 0) is 20.7 Å². The van der Waals surface area contributed by atoms with Crippen LogP contribution >= 0.6 is 0 Å². The van der Waals surface area contributed by atoms with Crippen LogP contribution in [0.4, 0.5) is 0 Å². The number of amides is 1. The Morgan fingerprint density at radius 3 is 2.33 bits per heavy atom. The molecule has 0 heterocycles. The van der Waals surface area contributed by atoms with Gasteiger partial charge in [-0.2, -0.15) is 0 Å². The highest BCUT2D eigenvalue weighted by molar-refractivity contribution is 5.87. The molecule has 5 heteroatoms.